The molecular formula is C17H19N3O5S. The van der Waals surface area contributed by atoms with Crippen LogP contribution in [0.15, 0.2) is 17.8 Å². The van der Waals surface area contributed by atoms with Gasteiger partial charge in [0.2, 0.25) is 5.75 Å². The molecule has 8 nitrogen and oxygen atoms in total. The van der Waals surface area contributed by atoms with E-state index in [1.54, 1.807) is 4.90 Å². The molecule has 2 aliphatic rings. The summed E-state index contributed by atoms with van der Waals surface area (Å²) < 4.78 is 4.98. The summed E-state index contributed by atoms with van der Waals surface area (Å²) in [6.07, 6.45) is 6.61. The van der Waals surface area contributed by atoms with Crippen molar-refractivity contribution in [3.63, 3.8) is 0 Å². The molecule has 1 aromatic rings. The minimum Gasteiger partial charge on any atom is -0.500 e. The van der Waals surface area contributed by atoms with E-state index in [2.05, 4.69) is 5.32 Å². The van der Waals surface area contributed by atoms with Gasteiger partial charge in [-0.1, -0.05) is 19.3 Å². The quantitative estimate of drug-likeness (QED) is 0.360. The Bertz CT molecular complexity index is 802. The number of thiocarbonyl (C=S) groups is 1. The number of amides is 1. The number of phenols is 1. The molecular weight excluding hydrogens is 358 g/mol. The third-order valence-electron chi connectivity index (χ3n) is 4.65. The summed E-state index contributed by atoms with van der Waals surface area (Å²) in [4.78, 5) is 24.8. The molecule has 2 N–H and O–H groups in total. The number of carbonyl (C=O) groups is 1. The van der Waals surface area contributed by atoms with Crippen LogP contribution >= 0.6 is 12.2 Å². The summed E-state index contributed by atoms with van der Waals surface area (Å²) in [6, 6.07) is 2.70. The number of nitrogens with one attached hydrogen (secondary N) is 1. The van der Waals surface area contributed by atoms with E-state index in [4.69, 9.17) is 17.0 Å². The van der Waals surface area contributed by atoms with Crippen LogP contribution in [-0.4, -0.2) is 39.1 Å². The average Bonchev–Trinajstić information content (AvgIpc) is 2.90. The molecule has 1 saturated heterocycles. The highest BCUT2D eigenvalue weighted by atomic mass is 32.1. The van der Waals surface area contributed by atoms with Crippen LogP contribution < -0.4 is 10.1 Å². The fourth-order valence-electron chi connectivity index (χ4n) is 3.38. The lowest BCUT2D eigenvalue weighted by molar-refractivity contribution is -0.386. The molecule has 1 aromatic carbocycles. The van der Waals surface area contributed by atoms with E-state index in [-0.39, 0.29) is 23.4 Å². The topological polar surface area (TPSA) is 105 Å². The lowest BCUT2D eigenvalue weighted by atomic mass is 9.94. The summed E-state index contributed by atoms with van der Waals surface area (Å²) in [5.41, 5.74) is 0.117. The van der Waals surface area contributed by atoms with Gasteiger partial charge >= 0.3 is 5.69 Å². The first-order valence-electron chi connectivity index (χ1n) is 8.34. The van der Waals surface area contributed by atoms with Crippen molar-refractivity contribution in [3.05, 3.63) is 33.5 Å². The molecule has 0 unspecified atom stereocenters. The molecule has 9 heteroatoms. The first-order valence-corrected chi connectivity index (χ1v) is 8.75. The molecule has 138 valence electrons. The number of carbonyl (C=O) groups excluding carboxylic acids is 1. The number of nitro benzene ring substituents is 1. The molecule has 0 spiro atoms. The molecule has 0 radical (unpaired) electrons. The molecule has 1 amide bonds. The highest BCUT2D eigenvalue weighted by molar-refractivity contribution is 7.80. The van der Waals surface area contributed by atoms with Gasteiger partial charge in [-0.25, -0.2) is 0 Å². The summed E-state index contributed by atoms with van der Waals surface area (Å²) in [5, 5.41) is 24.2. The van der Waals surface area contributed by atoms with Gasteiger partial charge in [0.15, 0.2) is 10.9 Å². The van der Waals surface area contributed by atoms with Crippen LogP contribution in [0.2, 0.25) is 0 Å². The number of methoxy groups -OCH3 is 1. The van der Waals surface area contributed by atoms with Crippen molar-refractivity contribution >= 4 is 35.0 Å². The molecule has 26 heavy (non-hydrogen) atoms. The third-order valence-corrected chi connectivity index (χ3v) is 4.95. The predicted octanol–water partition coefficient (Wildman–Crippen LogP) is 2.70. The Balaban J connectivity index is 1.93. The minimum atomic E-state index is -0.706. The van der Waals surface area contributed by atoms with Crippen LogP contribution in [0.4, 0.5) is 5.69 Å². The maximum Gasteiger partial charge on any atom is 0.315 e. The summed E-state index contributed by atoms with van der Waals surface area (Å²) in [7, 11) is 1.30. The smallest absolute Gasteiger partial charge is 0.315 e. The van der Waals surface area contributed by atoms with E-state index < -0.39 is 16.4 Å². The Hall–Kier alpha value is -2.68. The monoisotopic (exact) mass is 377 g/mol. The minimum absolute atomic E-state index is 0.0387. The van der Waals surface area contributed by atoms with Crippen LogP contribution in [-0.2, 0) is 4.79 Å². The zero-order valence-electron chi connectivity index (χ0n) is 14.2. The van der Waals surface area contributed by atoms with E-state index in [1.807, 2.05) is 0 Å². The van der Waals surface area contributed by atoms with Gasteiger partial charge < -0.3 is 15.2 Å². The lowest BCUT2D eigenvalue weighted by Crippen LogP contribution is -2.41. The number of nitro groups is 1. The van der Waals surface area contributed by atoms with Gasteiger partial charge in [-0.15, -0.1) is 0 Å². The van der Waals surface area contributed by atoms with E-state index >= 15 is 0 Å². The van der Waals surface area contributed by atoms with Gasteiger partial charge in [0.1, 0.15) is 5.70 Å². The summed E-state index contributed by atoms with van der Waals surface area (Å²) in [5.74, 6) is -0.829. The summed E-state index contributed by atoms with van der Waals surface area (Å²) in [6.45, 7) is 0. The van der Waals surface area contributed by atoms with Gasteiger partial charge in [-0.2, -0.15) is 0 Å². The summed E-state index contributed by atoms with van der Waals surface area (Å²) >= 11 is 5.31. The highest BCUT2D eigenvalue weighted by Gasteiger charge is 2.36. The van der Waals surface area contributed by atoms with E-state index in [0.717, 1.165) is 25.7 Å². The van der Waals surface area contributed by atoms with Crippen molar-refractivity contribution < 1.29 is 19.6 Å². The number of hydrogen-bond donors (Lipinski definition) is 2. The van der Waals surface area contributed by atoms with E-state index in [1.165, 1.54) is 31.7 Å². The normalized spacial score (nSPS) is 19.7. The van der Waals surface area contributed by atoms with Crippen LogP contribution in [0.25, 0.3) is 6.08 Å². The second-order valence-corrected chi connectivity index (χ2v) is 6.69. The Morgan fingerprint density at radius 2 is 2.08 bits per heavy atom. The van der Waals surface area contributed by atoms with Crippen LogP contribution in [0, 0.1) is 10.1 Å². The van der Waals surface area contributed by atoms with Crippen LogP contribution in [0.1, 0.15) is 37.7 Å². The Morgan fingerprint density at radius 1 is 1.38 bits per heavy atom. The van der Waals surface area contributed by atoms with Crippen molar-refractivity contribution in [2.45, 2.75) is 38.1 Å². The fraction of sp³-hybridized carbons (Fsp3) is 0.412. The van der Waals surface area contributed by atoms with Gasteiger partial charge in [-0.3, -0.25) is 19.8 Å². The Labute approximate surface area is 155 Å². The fourth-order valence-corrected chi connectivity index (χ4v) is 3.72. The Morgan fingerprint density at radius 3 is 2.69 bits per heavy atom. The second-order valence-electron chi connectivity index (χ2n) is 6.30. The van der Waals surface area contributed by atoms with Gasteiger partial charge in [0.25, 0.3) is 5.91 Å². The van der Waals surface area contributed by atoms with Gasteiger partial charge in [-0.05, 0) is 42.8 Å². The number of nitrogens with zero attached hydrogens (tertiary/aromatic N) is 2. The lowest BCUT2D eigenvalue weighted by Gasteiger charge is -2.29. The van der Waals surface area contributed by atoms with Crippen molar-refractivity contribution in [2.24, 2.45) is 0 Å². The van der Waals surface area contributed by atoms with Crippen molar-refractivity contribution in [1.29, 1.82) is 0 Å². The highest BCUT2D eigenvalue weighted by Crippen LogP contribution is 2.37. The predicted molar refractivity (Wildman–Crippen MR) is 98.7 cm³/mol. The van der Waals surface area contributed by atoms with Crippen molar-refractivity contribution in [1.82, 2.24) is 10.2 Å². The number of hydrogen-bond acceptors (Lipinski definition) is 6. The zero-order valence-corrected chi connectivity index (χ0v) is 15.0. The number of ether oxygens (including phenoxy) is 1. The van der Waals surface area contributed by atoms with E-state index in [0.29, 0.717) is 10.7 Å². The molecule has 0 aromatic heterocycles. The third kappa shape index (κ3) is 3.34. The first-order chi connectivity index (χ1) is 12.4. The van der Waals surface area contributed by atoms with Crippen LogP contribution in [0.5, 0.6) is 11.5 Å². The maximum absolute atomic E-state index is 12.8. The number of rotatable bonds is 4. The van der Waals surface area contributed by atoms with Crippen LogP contribution in [0.3, 0.4) is 0 Å². The number of benzene rings is 1. The SMILES string of the molecule is COc1cc(/C=C2\NC(=S)N(C3CCCCC3)C2=O)cc([N+](=O)[O-])c1O. The molecule has 1 aliphatic heterocycles. The zero-order chi connectivity index (χ0) is 18.8. The molecule has 1 aliphatic carbocycles. The van der Waals surface area contributed by atoms with Crippen molar-refractivity contribution in [3.8, 4) is 11.5 Å². The standard InChI is InChI=1S/C17H19N3O5S/c1-25-14-9-10(8-13(15(14)21)20(23)24)7-12-16(22)19(17(26)18-12)11-5-3-2-4-6-11/h7-9,11,21H,2-6H2,1H3,(H,18,26)/b12-7-. The molecule has 0 atom stereocenters. The average molecular weight is 377 g/mol. The van der Waals surface area contributed by atoms with Gasteiger partial charge in [0.05, 0.1) is 12.0 Å². The molecule has 0 bridgehead atoms. The Kier molecular flexibility index (Phi) is 5.08. The first kappa shape index (κ1) is 18.1. The molecule has 2 fully saturated rings. The van der Waals surface area contributed by atoms with Crippen molar-refractivity contribution in [2.75, 3.05) is 7.11 Å². The van der Waals surface area contributed by atoms with E-state index in [9.17, 15) is 20.0 Å². The number of phenolic OH excluding ortho intramolecular Hbond substituents is 1. The largest absolute Gasteiger partial charge is 0.500 e. The maximum atomic E-state index is 12.8. The number of aromatic hydroxyl groups is 1. The molecule has 1 heterocycles. The molecule has 3 rings (SSSR count). The van der Waals surface area contributed by atoms with Gasteiger partial charge in [0, 0.05) is 12.1 Å². The second kappa shape index (κ2) is 7.28. The molecule has 1 saturated carbocycles.